The molecule has 1 N–H and O–H groups in total. The van der Waals surface area contributed by atoms with Crippen molar-refractivity contribution in [2.75, 3.05) is 5.32 Å². The van der Waals surface area contributed by atoms with Crippen LogP contribution in [0.5, 0.6) is 5.75 Å². The second kappa shape index (κ2) is 8.11. The van der Waals surface area contributed by atoms with Crippen molar-refractivity contribution in [3.8, 4) is 5.75 Å². The van der Waals surface area contributed by atoms with E-state index in [1.807, 2.05) is 38.1 Å². The zero-order valence-electron chi connectivity index (χ0n) is 14.1. The van der Waals surface area contributed by atoms with Crippen molar-refractivity contribution < 1.29 is 9.53 Å². The predicted octanol–water partition coefficient (Wildman–Crippen LogP) is 4.63. The van der Waals surface area contributed by atoms with Gasteiger partial charge in [-0.05, 0) is 44.0 Å². The molecule has 0 aliphatic rings. The molecule has 0 saturated heterocycles. The number of aromatic nitrogens is 1. The lowest BCUT2D eigenvalue weighted by Gasteiger charge is -2.10. The summed E-state index contributed by atoms with van der Waals surface area (Å²) in [5, 5.41) is 6.00. The normalized spacial score (nSPS) is 11.0. The van der Waals surface area contributed by atoms with Crippen LogP contribution in [0.2, 0.25) is 0 Å². The van der Waals surface area contributed by atoms with Crippen molar-refractivity contribution in [3.63, 3.8) is 0 Å². The molecule has 1 amide bonds. The number of anilines is 1. The fraction of sp³-hybridized carbons (Fsp3) is 0.444. The largest absolute Gasteiger partial charge is 0.491 e. The molecule has 0 aliphatic carbocycles. The van der Waals surface area contributed by atoms with E-state index in [-0.39, 0.29) is 12.0 Å². The zero-order chi connectivity index (χ0) is 16.8. The Morgan fingerprint density at radius 2 is 1.91 bits per heavy atom. The van der Waals surface area contributed by atoms with Crippen molar-refractivity contribution in [2.45, 2.75) is 52.6 Å². The van der Waals surface area contributed by atoms with E-state index in [0.29, 0.717) is 18.8 Å². The van der Waals surface area contributed by atoms with E-state index in [4.69, 9.17) is 4.74 Å². The fourth-order valence-corrected chi connectivity index (χ4v) is 3.00. The smallest absolute Gasteiger partial charge is 0.224 e. The summed E-state index contributed by atoms with van der Waals surface area (Å²) in [6, 6.07) is 7.45. The summed E-state index contributed by atoms with van der Waals surface area (Å²) < 4.78 is 5.58. The Bertz CT molecular complexity index is 633. The van der Waals surface area contributed by atoms with E-state index in [1.54, 1.807) is 11.3 Å². The summed E-state index contributed by atoms with van der Waals surface area (Å²) in [6.45, 7) is 8.22. The third-order valence-corrected chi connectivity index (χ3v) is 4.16. The molecule has 0 radical (unpaired) electrons. The van der Waals surface area contributed by atoms with Gasteiger partial charge in [0.15, 0.2) is 0 Å². The van der Waals surface area contributed by atoms with E-state index in [0.717, 1.165) is 22.1 Å². The molecule has 124 valence electrons. The first kappa shape index (κ1) is 17.5. The van der Waals surface area contributed by atoms with Crippen LogP contribution in [0.1, 0.15) is 50.7 Å². The maximum atomic E-state index is 12.0. The molecule has 1 aromatic heterocycles. The Hall–Kier alpha value is -1.88. The zero-order valence-corrected chi connectivity index (χ0v) is 14.9. The van der Waals surface area contributed by atoms with Crippen LogP contribution in [-0.4, -0.2) is 17.0 Å². The SMILES string of the molecule is CC(C)Oc1ccc(NC(=O)CCc2nc(C(C)C)cs2)cc1. The summed E-state index contributed by atoms with van der Waals surface area (Å²) in [6.07, 6.45) is 1.26. The molecule has 0 bridgehead atoms. The number of rotatable bonds is 7. The molecule has 0 atom stereocenters. The fourth-order valence-electron chi connectivity index (χ4n) is 2.04. The molecular formula is C18H24N2O2S. The molecular weight excluding hydrogens is 308 g/mol. The molecule has 4 nitrogen and oxygen atoms in total. The molecule has 23 heavy (non-hydrogen) atoms. The van der Waals surface area contributed by atoms with Crippen molar-refractivity contribution in [1.29, 1.82) is 0 Å². The summed E-state index contributed by atoms with van der Waals surface area (Å²) in [4.78, 5) is 16.6. The van der Waals surface area contributed by atoms with Gasteiger partial charge in [0, 0.05) is 23.9 Å². The van der Waals surface area contributed by atoms with Gasteiger partial charge in [0.1, 0.15) is 5.75 Å². The first-order valence-electron chi connectivity index (χ1n) is 7.95. The van der Waals surface area contributed by atoms with E-state index in [9.17, 15) is 4.79 Å². The maximum Gasteiger partial charge on any atom is 0.224 e. The van der Waals surface area contributed by atoms with Gasteiger partial charge < -0.3 is 10.1 Å². The van der Waals surface area contributed by atoms with Gasteiger partial charge >= 0.3 is 0 Å². The van der Waals surface area contributed by atoms with E-state index in [1.165, 1.54) is 0 Å². The number of nitrogens with one attached hydrogen (secondary N) is 1. The molecule has 0 fully saturated rings. The Morgan fingerprint density at radius 1 is 1.22 bits per heavy atom. The van der Waals surface area contributed by atoms with Crippen molar-refractivity contribution >= 4 is 22.9 Å². The molecule has 0 unspecified atom stereocenters. The molecule has 0 spiro atoms. The number of hydrogen-bond acceptors (Lipinski definition) is 4. The number of thiazole rings is 1. The number of carbonyl (C=O) groups excluding carboxylic acids is 1. The second-order valence-electron chi connectivity index (χ2n) is 6.06. The van der Waals surface area contributed by atoms with Gasteiger partial charge in [-0.25, -0.2) is 4.98 Å². The Balaban J connectivity index is 1.82. The number of hydrogen-bond donors (Lipinski definition) is 1. The van der Waals surface area contributed by atoms with E-state index < -0.39 is 0 Å². The number of nitrogens with zero attached hydrogens (tertiary/aromatic N) is 1. The third kappa shape index (κ3) is 5.67. The standard InChI is InChI=1S/C18H24N2O2S/c1-12(2)16-11-23-18(20-16)10-9-17(21)19-14-5-7-15(8-6-14)22-13(3)4/h5-8,11-13H,9-10H2,1-4H3,(H,19,21). The summed E-state index contributed by atoms with van der Waals surface area (Å²) in [5.41, 5.74) is 1.89. The van der Waals surface area contributed by atoms with Crippen LogP contribution in [0.15, 0.2) is 29.6 Å². The van der Waals surface area contributed by atoms with Gasteiger partial charge in [0.2, 0.25) is 5.91 Å². The highest BCUT2D eigenvalue weighted by atomic mass is 32.1. The Morgan fingerprint density at radius 3 is 2.48 bits per heavy atom. The van der Waals surface area contributed by atoms with Gasteiger partial charge in [-0.3, -0.25) is 4.79 Å². The van der Waals surface area contributed by atoms with Crippen LogP contribution in [0.25, 0.3) is 0 Å². The quantitative estimate of drug-likeness (QED) is 0.804. The number of aryl methyl sites for hydroxylation is 1. The summed E-state index contributed by atoms with van der Waals surface area (Å²) in [5.74, 6) is 1.24. The molecule has 0 saturated carbocycles. The van der Waals surface area contributed by atoms with Crippen LogP contribution >= 0.6 is 11.3 Å². The molecule has 0 aliphatic heterocycles. The lowest BCUT2D eigenvalue weighted by atomic mass is 10.2. The Kier molecular flexibility index (Phi) is 6.16. The van der Waals surface area contributed by atoms with Crippen LogP contribution in [0.4, 0.5) is 5.69 Å². The lowest BCUT2D eigenvalue weighted by Crippen LogP contribution is -2.12. The van der Waals surface area contributed by atoms with Crippen LogP contribution in [-0.2, 0) is 11.2 Å². The Labute approximate surface area is 141 Å². The predicted molar refractivity (Wildman–Crippen MR) is 95.4 cm³/mol. The molecule has 5 heteroatoms. The summed E-state index contributed by atoms with van der Waals surface area (Å²) in [7, 11) is 0. The first-order valence-corrected chi connectivity index (χ1v) is 8.83. The van der Waals surface area contributed by atoms with E-state index >= 15 is 0 Å². The van der Waals surface area contributed by atoms with Gasteiger partial charge in [0.05, 0.1) is 16.8 Å². The highest BCUT2D eigenvalue weighted by molar-refractivity contribution is 7.09. The average Bonchev–Trinajstić information content (AvgIpc) is 2.96. The average molecular weight is 332 g/mol. The monoisotopic (exact) mass is 332 g/mol. The maximum absolute atomic E-state index is 12.0. The highest BCUT2D eigenvalue weighted by Crippen LogP contribution is 2.20. The van der Waals surface area contributed by atoms with Gasteiger partial charge in [-0.15, -0.1) is 11.3 Å². The number of ether oxygens (including phenoxy) is 1. The number of amides is 1. The van der Waals surface area contributed by atoms with Crippen molar-refractivity contribution in [2.24, 2.45) is 0 Å². The first-order chi connectivity index (χ1) is 10.9. The molecule has 2 rings (SSSR count). The molecule has 1 heterocycles. The minimum Gasteiger partial charge on any atom is -0.491 e. The molecule has 1 aromatic carbocycles. The summed E-state index contributed by atoms with van der Waals surface area (Å²) >= 11 is 1.63. The van der Waals surface area contributed by atoms with Crippen LogP contribution in [0, 0.1) is 0 Å². The minimum atomic E-state index is 0.00354. The van der Waals surface area contributed by atoms with Gasteiger partial charge in [-0.2, -0.15) is 0 Å². The second-order valence-corrected chi connectivity index (χ2v) is 7.00. The highest BCUT2D eigenvalue weighted by Gasteiger charge is 2.08. The van der Waals surface area contributed by atoms with Crippen molar-refractivity contribution in [3.05, 3.63) is 40.3 Å². The van der Waals surface area contributed by atoms with Gasteiger partial charge in [-0.1, -0.05) is 13.8 Å². The van der Waals surface area contributed by atoms with Crippen LogP contribution < -0.4 is 10.1 Å². The molecule has 2 aromatic rings. The van der Waals surface area contributed by atoms with Crippen molar-refractivity contribution in [1.82, 2.24) is 4.98 Å². The topological polar surface area (TPSA) is 51.2 Å². The number of carbonyl (C=O) groups is 1. The third-order valence-electron chi connectivity index (χ3n) is 3.24. The minimum absolute atomic E-state index is 0.00354. The lowest BCUT2D eigenvalue weighted by molar-refractivity contribution is -0.116. The van der Waals surface area contributed by atoms with Crippen LogP contribution in [0.3, 0.4) is 0 Å². The van der Waals surface area contributed by atoms with Gasteiger partial charge in [0.25, 0.3) is 0 Å². The number of benzene rings is 1. The van der Waals surface area contributed by atoms with E-state index in [2.05, 4.69) is 29.5 Å².